The Labute approximate surface area is 133 Å². The highest BCUT2D eigenvalue weighted by Crippen LogP contribution is 2.72. The normalized spacial score (nSPS) is 36.8. The molecule has 0 aliphatic heterocycles. The largest absolute Gasteiger partial charge is 0.326 e. The minimum absolute atomic E-state index is 0.0462. The number of nitrogens with one attached hydrogen (secondary N) is 1. The van der Waals surface area contributed by atoms with E-state index in [4.69, 9.17) is 0 Å². The topological polar surface area (TPSA) is 46.2 Å². The second-order valence-corrected chi connectivity index (χ2v) is 7.89. The van der Waals surface area contributed by atoms with E-state index in [0.717, 1.165) is 18.5 Å². The molecule has 1 amide bonds. The molecule has 0 spiro atoms. The van der Waals surface area contributed by atoms with Crippen molar-refractivity contribution >= 4 is 33.3 Å². The Hall–Kier alpha value is -1.16. The van der Waals surface area contributed by atoms with Crippen molar-refractivity contribution < 1.29 is 9.59 Å². The maximum atomic E-state index is 13.0. The van der Waals surface area contributed by atoms with Gasteiger partial charge in [0.05, 0.1) is 10.2 Å². The molecular formula is C17H20BrNO2. The van der Waals surface area contributed by atoms with Gasteiger partial charge in [-0.05, 0) is 30.4 Å². The van der Waals surface area contributed by atoms with Crippen molar-refractivity contribution in [1.29, 1.82) is 0 Å². The Bertz CT molecular complexity index is 612. The fourth-order valence-corrected chi connectivity index (χ4v) is 5.73. The van der Waals surface area contributed by atoms with Crippen LogP contribution in [0.4, 0.5) is 5.69 Å². The van der Waals surface area contributed by atoms with E-state index in [2.05, 4.69) is 35.1 Å². The maximum absolute atomic E-state index is 13.0. The van der Waals surface area contributed by atoms with Crippen LogP contribution in [0.25, 0.3) is 0 Å². The van der Waals surface area contributed by atoms with E-state index < -0.39 is 15.7 Å². The molecule has 21 heavy (non-hydrogen) atoms. The number of rotatable bonds is 2. The molecule has 3 rings (SSSR count). The number of benzene rings is 1. The minimum Gasteiger partial charge on any atom is -0.326 e. The van der Waals surface area contributed by atoms with Gasteiger partial charge in [0, 0.05) is 11.1 Å². The maximum Gasteiger partial charge on any atom is 0.232 e. The lowest BCUT2D eigenvalue weighted by Gasteiger charge is -2.39. The van der Waals surface area contributed by atoms with Crippen LogP contribution in [0.3, 0.4) is 0 Å². The van der Waals surface area contributed by atoms with Crippen LogP contribution in [-0.4, -0.2) is 16.5 Å². The second-order valence-electron chi connectivity index (χ2n) is 6.98. The number of anilines is 1. The Morgan fingerprint density at radius 1 is 1.19 bits per heavy atom. The van der Waals surface area contributed by atoms with E-state index in [1.165, 1.54) is 0 Å². The van der Waals surface area contributed by atoms with Gasteiger partial charge in [-0.25, -0.2) is 0 Å². The van der Waals surface area contributed by atoms with Crippen molar-refractivity contribution in [2.24, 2.45) is 16.2 Å². The molecule has 2 aliphatic rings. The predicted molar refractivity (Wildman–Crippen MR) is 86.3 cm³/mol. The molecule has 1 N–H and O–H groups in total. The van der Waals surface area contributed by atoms with Crippen LogP contribution in [0.5, 0.6) is 0 Å². The van der Waals surface area contributed by atoms with Gasteiger partial charge in [-0.3, -0.25) is 9.59 Å². The molecule has 3 nitrogen and oxygen atoms in total. The highest BCUT2D eigenvalue weighted by molar-refractivity contribution is 9.10. The summed E-state index contributed by atoms with van der Waals surface area (Å²) >= 11 is 3.53. The zero-order chi connectivity index (χ0) is 15.5. The highest BCUT2D eigenvalue weighted by Gasteiger charge is 2.76. The molecule has 0 aromatic heterocycles. The molecule has 0 unspecified atom stereocenters. The number of carbonyl (C=O) groups excluding carboxylic acids is 2. The van der Waals surface area contributed by atoms with Crippen LogP contribution in [-0.2, 0) is 9.59 Å². The fourth-order valence-electron chi connectivity index (χ4n) is 4.22. The summed E-state index contributed by atoms with van der Waals surface area (Å²) in [4.78, 5) is 25.3. The van der Waals surface area contributed by atoms with E-state index in [0.29, 0.717) is 0 Å². The van der Waals surface area contributed by atoms with Gasteiger partial charge < -0.3 is 5.32 Å². The first-order chi connectivity index (χ1) is 9.77. The second kappa shape index (κ2) is 4.42. The number of halogens is 1. The average molecular weight is 350 g/mol. The first-order valence-electron chi connectivity index (χ1n) is 7.32. The third-order valence-electron chi connectivity index (χ3n) is 6.16. The van der Waals surface area contributed by atoms with Crippen molar-refractivity contribution in [3.8, 4) is 0 Å². The molecule has 0 saturated heterocycles. The summed E-state index contributed by atoms with van der Waals surface area (Å²) < 4.78 is 0. The number of ketones is 1. The molecule has 4 heteroatoms. The molecule has 0 radical (unpaired) electrons. The van der Waals surface area contributed by atoms with E-state index in [-0.39, 0.29) is 17.1 Å². The predicted octanol–water partition coefficient (Wildman–Crippen LogP) is 3.78. The van der Waals surface area contributed by atoms with Crippen LogP contribution < -0.4 is 5.32 Å². The van der Waals surface area contributed by atoms with Gasteiger partial charge in [-0.2, -0.15) is 0 Å². The first kappa shape index (κ1) is 14.8. The SMILES string of the molecule is CC1(C)[C@@]2(C)CC[C@]1(C(=O)Nc1ccccc1)[C@H](Br)C2=O. The lowest BCUT2D eigenvalue weighted by molar-refractivity contribution is -0.130. The van der Waals surface area contributed by atoms with Crippen molar-refractivity contribution in [2.75, 3.05) is 5.32 Å². The average Bonchev–Trinajstić information content (AvgIpc) is 2.72. The summed E-state index contributed by atoms with van der Waals surface area (Å²) in [5.41, 5.74) is -0.672. The number of para-hydroxylation sites is 1. The van der Waals surface area contributed by atoms with Gasteiger partial charge in [-0.15, -0.1) is 0 Å². The van der Waals surface area contributed by atoms with Crippen LogP contribution in [0.15, 0.2) is 30.3 Å². The zero-order valence-electron chi connectivity index (χ0n) is 12.6. The molecule has 1 aromatic carbocycles. The smallest absolute Gasteiger partial charge is 0.232 e. The monoisotopic (exact) mass is 349 g/mol. The quantitative estimate of drug-likeness (QED) is 0.825. The molecule has 2 aliphatic carbocycles. The Kier molecular flexibility index (Phi) is 3.11. The summed E-state index contributed by atoms with van der Waals surface area (Å²) in [6.07, 6.45) is 1.53. The van der Waals surface area contributed by atoms with Crippen molar-refractivity contribution in [1.82, 2.24) is 0 Å². The molecular weight excluding hydrogens is 330 g/mol. The van der Waals surface area contributed by atoms with Gasteiger partial charge in [0.25, 0.3) is 0 Å². The number of fused-ring (bicyclic) bond motifs is 2. The molecule has 1 aromatic rings. The molecule has 3 atom stereocenters. The van der Waals surface area contributed by atoms with Crippen LogP contribution in [0.2, 0.25) is 0 Å². The summed E-state index contributed by atoms with van der Waals surface area (Å²) in [5.74, 6) is 0.122. The number of hydrogen-bond acceptors (Lipinski definition) is 2. The van der Waals surface area contributed by atoms with Gasteiger partial charge >= 0.3 is 0 Å². The minimum atomic E-state index is -0.672. The summed E-state index contributed by atoms with van der Waals surface area (Å²) in [6.45, 7) is 6.13. The lowest BCUT2D eigenvalue weighted by Crippen LogP contribution is -2.47. The standard InChI is InChI=1S/C17H20BrNO2/c1-15(2)16(3)9-10-17(15,12(18)13(16)20)14(21)19-11-7-5-4-6-8-11/h4-8,12H,9-10H2,1-3H3,(H,19,21)/t12-,16+,17-/m1/s1. The van der Waals surface area contributed by atoms with E-state index in [1.807, 2.05) is 37.3 Å². The number of Topliss-reactive ketones (excluding diaryl/α,β-unsaturated/α-hetero) is 1. The first-order valence-corrected chi connectivity index (χ1v) is 8.24. The van der Waals surface area contributed by atoms with Crippen LogP contribution in [0.1, 0.15) is 33.6 Å². The van der Waals surface area contributed by atoms with Gasteiger partial charge in [0.15, 0.2) is 5.78 Å². The van der Waals surface area contributed by atoms with Crippen molar-refractivity contribution in [3.63, 3.8) is 0 Å². The fraction of sp³-hybridized carbons (Fsp3) is 0.529. The van der Waals surface area contributed by atoms with E-state index in [1.54, 1.807) is 0 Å². The number of hydrogen-bond donors (Lipinski definition) is 1. The summed E-state index contributed by atoms with van der Waals surface area (Å²) in [5, 5.41) is 3.00. The zero-order valence-corrected chi connectivity index (χ0v) is 14.2. The van der Waals surface area contributed by atoms with Crippen LogP contribution in [0, 0.1) is 16.2 Å². The van der Waals surface area contributed by atoms with Gasteiger partial charge in [0.1, 0.15) is 0 Å². The van der Waals surface area contributed by atoms with Gasteiger partial charge in [-0.1, -0.05) is 54.9 Å². The third-order valence-corrected chi connectivity index (χ3v) is 7.35. The summed E-state index contributed by atoms with van der Waals surface area (Å²) in [7, 11) is 0. The van der Waals surface area contributed by atoms with Gasteiger partial charge in [0.2, 0.25) is 5.91 Å². The molecule has 0 heterocycles. The number of alkyl halides is 1. The van der Waals surface area contributed by atoms with E-state index in [9.17, 15) is 9.59 Å². The molecule has 112 valence electrons. The molecule has 2 bridgehead atoms. The van der Waals surface area contributed by atoms with E-state index >= 15 is 0 Å². The Morgan fingerprint density at radius 2 is 1.81 bits per heavy atom. The van der Waals surface area contributed by atoms with Crippen molar-refractivity contribution in [2.45, 2.75) is 38.4 Å². The lowest BCUT2D eigenvalue weighted by atomic mass is 9.64. The van der Waals surface area contributed by atoms with Crippen molar-refractivity contribution in [3.05, 3.63) is 30.3 Å². The van der Waals surface area contributed by atoms with Crippen LogP contribution >= 0.6 is 15.9 Å². The molecule has 2 saturated carbocycles. The third kappa shape index (κ3) is 1.60. The highest BCUT2D eigenvalue weighted by atomic mass is 79.9. The number of amides is 1. The Balaban J connectivity index is 2.00. The summed E-state index contributed by atoms with van der Waals surface area (Å²) in [6, 6.07) is 9.44. The number of carbonyl (C=O) groups is 2. The molecule has 2 fully saturated rings. The Morgan fingerprint density at radius 3 is 2.33 bits per heavy atom.